The van der Waals surface area contributed by atoms with Crippen LogP contribution in [0.4, 0.5) is 13.2 Å². The molecule has 0 radical (unpaired) electrons. The Hall–Kier alpha value is -1.15. The lowest BCUT2D eigenvalue weighted by Crippen LogP contribution is -2.44. The molecule has 1 aromatic heterocycles. The van der Waals surface area contributed by atoms with Gasteiger partial charge in [-0.1, -0.05) is 12.8 Å². The van der Waals surface area contributed by atoms with E-state index in [4.69, 9.17) is 5.73 Å². The lowest BCUT2D eigenvalue weighted by molar-refractivity contribution is -0.148. The molecule has 0 unspecified atom stereocenters. The van der Waals surface area contributed by atoms with Crippen molar-refractivity contribution in [2.24, 2.45) is 11.1 Å². The molecule has 8 heteroatoms. The van der Waals surface area contributed by atoms with E-state index < -0.39 is 12.0 Å². The predicted molar refractivity (Wildman–Crippen MR) is 70.3 cm³/mol. The van der Waals surface area contributed by atoms with E-state index in [2.05, 4.69) is 15.1 Å². The maximum absolute atomic E-state index is 12.8. The molecule has 1 aromatic rings. The Balaban J connectivity index is 1.72. The van der Waals surface area contributed by atoms with E-state index in [0.29, 0.717) is 25.5 Å². The molecule has 118 valence electrons. The molecule has 1 saturated carbocycles. The van der Waals surface area contributed by atoms with Gasteiger partial charge in [0, 0.05) is 19.6 Å². The van der Waals surface area contributed by atoms with Gasteiger partial charge >= 0.3 is 6.18 Å². The highest BCUT2D eigenvalue weighted by Gasteiger charge is 2.40. The average Bonchev–Trinajstić information content (AvgIpc) is 3.04. The first-order valence-corrected chi connectivity index (χ1v) is 7.35. The molecule has 0 spiro atoms. The summed E-state index contributed by atoms with van der Waals surface area (Å²) in [6.07, 6.45) is 0.178. The van der Waals surface area contributed by atoms with Gasteiger partial charge in [-0.05, 0) is 24.8 Å². The summed E-state index contributed by atoms with van der Waals surface area (Å²) in [7, 11) is 0. The van der Waals surface area contributed by atoms with Gasteiger partial charge in [-0.3, -0.25) is 4.90 Å². The fourth-order valence-electron chi connectivity index (χ4n) is 3.58. The van der Waals surface area contributed by atoms with Crippen molar-refractivity contribution >= 4 is 0 Å². The Morgan fingerprint density at radius 3 is 2.48 bits per heavy atom. The predicted octanol–water partition coefficient (Wildman–Crippen LogP) is 1.63. The van der Waals surface area contributed by atoms with Crippen LogP contribution in [-0.2, 0) is 19.3 Å². The molecule has 0 bridgehead atoms. The third-order valence-electron chi connectivity index (χ3n) is 4.74. The van der Waals surface area contributed by atoms with E-state index in [1.165, 1.54) is 17.4 Å². The van der Waals surface area contributed by atoms with E-state index in [-0.39, 0.29) is 12.0 Å². The number of hydrogen-bond acceptors (Lipinski definition) is 4. The topological polar surface area (TPSA) is 60.0 Å². The van der Waals surface area contributed by atoms with Crippen LogP contribution < -0.4 is 5.73 Å². The number of hydrogen-bond donors (Lipinski definition) is 1. The summed E-state index contributed by atoms with van der Waals surface area (Å²) in [5.74, 6) is -0.481. The van der Waals surface area contributed by atoms with Gasteiger partial charge in [0.2, 0.25) is 5.82 Å². The first-order valence-electron chi connectivity index (χ1n) is 7.35. The van der Waals surface area contributed by atoms with Crippen LogP contribution in [0, 0.1) is 5.41 Å². The summed E-state index contributed by atoms with van der Waals surface area (Å²) in [6.45, 7) is 2.79. The zero-order valence-corrected chi connectivity index (χ0v) is 11.9. The van der Waals surface area contributed by atoms with Crippen LogP contribution in [0.25, 0.3) is 0 Å². The second-order valence-electron chi connectivity index (χ2n) is 6.21. The Morgan fingerprint density at radius 1 is 1.14 bits per heavy atom. The van der Waals surface area contributed by atoms with E-state index >= 15 is 0 Å². The molecule has 1 aliphatic carbocycles. The van der Waals surface area contributed by atoms with Gasteiger partial charge < -0.3 is 10.3 Å². The zero-order chi connectivity index (χ0) is 15.1. The molecule has 21 heavy (non-hydrogen) atoms. The van der Waals surface area contributed by atoms with Gasteiger partial charge in [-0.2, -0.15) is 13.2 Å². The molecule has 3 rings (SSSR count). The minimum absolute atomic E-state index is 0.134. The summed E-state index contributed by atoms with van der Waals surface area (Å²) in [5.41, 5.74) is 6.07. The van der Waals surface area contributed by atoms with Crippen molar-refractivity contribution in [1.29, 1.82) is 0 Å². The van der Waals surface area contributed by atoms with Gasteiger partial charge in [-0.25, -0.2) is 0 Å². The molecule has 2 N–H and O–H groups in total. The Kier molecular flexibility index (Phi) is 3.69. The van der Waals surface area contributed by atoms with Crippen molar-refractivity contribution < 1.29 is 13.2 Å². The van der Waals surface area contributed by atoms with E-state index in [1.54, 1.807) is 0 Å². The van der Waals surface area contributed by atoms with Crippen molar-refractivity contribution in [3.63, 3.8) is 0 Å². The number of halogens is 3. The first-order chi connectivity index (χ1) is 9.93. The monoisotopic (exact) mass is 303 g/mol. The smallest absolute Gasteiger partial charge is 0.330 e. The molecular weight excluding hydrogens is 283 g/mol. The maximum atomic E-state index is 12.8. The van der Waals surface area contributed by atoms with Crippen LogP contribution >= 0.6 is 0 Å². The van der Waals surface area contributed by atoms with E-state index in [9.17, 15) is 13.2 Å². The molecule has 2 aliphatic rings. The molecular formula is C13H20F3N5. The highest BCUT2D eigenvalue weighted by molar-refractivity contribution is 5.03. The second-order valence-corrected chi connectivity index (χ2v) is 6.21. The minimum atomic E-state index is -4.43. The number of nitrogens with zero attached hydrogens (tertiary/aromatic N) is 4. The standard InChI is InChI=1S/C13H20F3N5/c14-13(15,16)11-19-18-10-7-20(5-6-21(10)11)9-12(8-17)3-1-2-4-12/h1-9,17H2. The molecule has 2 heterocycles. The minimum Gasteiger partial charge on any atom is -0.330 e. The van der Waals surface area contributed by atoms with E-state index in [0.717, 1.165) is 19.4 Å². The molecule has 1 aliphatic heterocycles. The SMILES string of the molecule is NCC1(CN2CCn3c(nnc3C(F)(F)F)C2)CCCC1. The molecule has 5 nitrogen and oxygen atoms in total. The van der Waals surface area contributed by atoms with Crippen molar-refractivity contribution in [3.05, 3.63) is 11.6 Å². The molecule has 0 amide bonds. The number of fused-ring (bicyclic) bond motifs is 1. The van der Waals surface area contributed by atoms with Crippen molar-refractivity contribution in [3.8, 4) is 0 Å². The quantitative estimate of drug-likeness (QED) is 0.922. The van der Waals surface area contributed by atoms with Gasteiger partial charge in [0.05, 0.1) is 6.54 Å². The van der Waals surface area contributed by atoms with Gasteiger partial charge in [0.15, 0.2) is 0 Å². The Labute approximate surface area is 121 Å². The van der Waals surface area contributed by atoms with Crippen molar-refractivity contribution in [2.75, 3.05) is 19.6 Å². The Bertz CT molecular complexity index is 504. The zero-order valence-electron chi connectivity index (χ0n) is 11.9. The highest BCUT2D eigenvalue weighted by Crippen LogP contribution is 2.38. The lowest BCUT2D eigenvalue weighted by Gasteiger charge is -2.36. The van der Waals surface area contributed by atoms with Crippen molar-refractivity contribution in [2.45, 2.75) is 44.9 Å². The van der Waals surface area contributed by atoms with E-state index in [1.807, 2.05) is 0 Å². The average molecular weight is 303 g/mol. The van der Waals surface area contributed by atoms with Crippen LogP contribution in [-0.4, -0.2) is 39.3 Å². The number of nitrogens with two attached hydrogens (primary N) is 1. The largest absolute Gasteiger partial charge is 0.451 e. The number of rotatable bonds is 3. The molecule has 0 aromatic carbocycles. The van der Waals surface area contributed by atoms with Crippen LogP contribution in [0.15, 0.2) is 0 Å². The Morgan fingerprint density at radius 2 is 1.86 bits per heavy atom. The number of aromatic nitrogens is 3. The highest BCUT2D eigenvalue weighted by atomic mass is 19.4. The maximum Gasteiger partial charge on any atom is 0.451 e. The van der Waals surface area contributed by atoms with Gasteiger partial charge in [0.1, 0.15) is 5.82 Å². The summed E-state index contributed by atoms with van der Waals surface area (Å²) < 4.78 is 39.6. The summed E-state index contributed by atoms with van der Waals surface area (Å²) >= 11 is 0. The fraction of sp³-hybridized carbons (Fsp3) is 0.846. The van der Waals surface area contributed by atoms with Gasteiger partial charge in [0.25, 0.3) is 0 Å². The summed E-state index contributed by atoms with van der Waals surface area (Å²) in [5, 5.41) is 7.03. The molecule has 1 fully saturated rings. The molecule has 0 saturated heterocycles. The summed E-state index contributed by atoms with van der Waals surface area (Å²) in [6, 6.07) is 0. The number of alkyl halides is 3. The van der Waals surface area contributed by atoms with Crippen molar-refractivity contribution in [1.82, 2.24) is 19.7 Å². The van der Waals surface area contributed by atoms with Crippen LogP contribution in [0.5, 0.6) is 0 Å². The fourth-order valence-corrected chi connectivity index (χ4v) is 3.58. The third kappa shape index (κ3) is 2.78. The summed E-state index contributed by atoms with van der Waals surface area (Å²) in [4.78, 5) is 2.17. The van der Waals surface area contributed by atoms with Crippen LogP contribution in [0.3, 0.4) is 0 Å². The van der Waals surface area contributed by atoms with Gasteiger partial charge in [-0.15, -0.1) is 10.2 Å². The third-order valence-corrected chi connectivity index (χ3v) is 4.74. The lowest BCUT2D eigenvalue weighted by atomic mass is 9.85. The first kappa shape index (κ1) is 14.8. The van der Waals surface area contributed by atoms with Crippen LogP contribution in [0.1, 0.15) is 37.3 Å². The molecule has 0 atom stereocenters. The van der Waals surface area contributed by atoms with Crippen LogP contribution in [0.2, 0.25) is 0 Å². The normalized spacial score (nSPS) is 22.5. The second kappa shape index (κ2) is 5.24.